The Morgan fingerprint density at radius 1 is 0.691 bits per heavy atom. The molecule has 0 bridgehead atoms. The fourth-order valence-electron chi connectivity index (χ4n) is 6.28. The van der Waals surface area contributed by atoms with Gasteiger partial charge in [-0.05, 0) is 62.4 Å². The first-order valence-electron chi connectivity index (χ1n) is 16.4. The molecule has 0 aliphatic carbocycles. The Morgan fingerprint density at radius 2 is 1.13 bits per heavy atom. The van der Waals surface area contributed by atoms with Crippen molar-refractivity contribution < 1.29 is 62.9 Å². The molecule has 1 fully saturated rings. The van der Waals surface area contributed by atoms with Crippen molar-refractivity contribution in [2.45, 2.75) is 32.7 Å². The van der Waals surface area contributed by atoms with Crippen molar-refractivity contribution in [3.05, 3.63) is 139 Å². The van der Waals surface area contributed by atoms with Crippen molar-refractivity contribution in [1.82, 2.24) is 0 Å². The zero-order valence-corrected chi connectivity index (χ0v) is 29.0. The summed E-state index contributed by atoms with van der Waals surface area (Å²) >= 11 is 0. The van der Waals surface area contributed by atoms with Gasteiger partial charge in [0, 0.05) is 41.0 Å². The van der Waals surface area contributed by atoms with Crippen molar-refractivity contribution >= 4 is 29.3 Å². The highest BCUT2D eigenvalue weighted by molar-refractivity contribution is 5.99. The molecule has 0 radical (unpaired) electrons. The molecule has 0 unspecified atom stereocenters. The van der Waals surface area contributed by atoms with E-state index in [1.807, 2.05) is 0 Å². The van der Waals surface area contributed by atoms with Crippen LogP contribution in [0.3, 0.4) is 0 Å². The molecule has 1 spiro atoms. The number of benzene rings is 4. The molecule has 282 valence electrons. The molecule has 4 aromatic carbocycles. The number of fused-ring (bicyclic) bond motifs is 4. The molecule has 2 N–H and O–H groups in total. The van der Waals surface area contributed by atoms with Gasteiger partial charge in [0.1, 0.15) is 47.7 Å². The highest BCUT2D eigenvalue weighted by Gasteiger charge is 2.55. The number of hydrogen-bond donors (Lipinski definition) is 2. The largest absolute Gasteiger partial charge is 0.489 e. The monoisotopic (exact) mass is 754 g/mol. The number of carboxylic acids is 2. The molecular weight excluding hydrogens is 724 g/mol. The van der Waals surface area contributed by atoms with E-state index in [0.717, 1.165) is 0 Å². The summed E-state index contributed by atoms with van der Waals surface area (Å²) in [7, 11) is 0. The number of ether oxygens (including phenoxy) is 6. The van der Waals surface area contributed by atoms with Gasteiger partial charge >= 0.3 is 17.9 Å². The highest BCUT2D eigenvalue weighted by atomic mass is 16.6. The van der Waals surface area contributed by atoms with E-state index in [2.05, 4.69) is 0 Å². The van der Waals surface area contributed by atoms with Crippen LogP contribution < -0.4 is 23.7 Å². The van der Waals surface area contributed by atoms with Gasteiger partial charge in [0.15, 0.2) is 18.8 Å². The summed E-state index contributed by atoms with van der Waals surface area (Å²) in [6.07, 6.45) is 3.39. The SMILES string of the molecule is C/C=C1/C(=O)OC2(/C1=C/C)c1ccc(OCc3cc(OCC(=O)O)ccc3[N+](=O)[O-])cc1Oc1cc(OCc3cc(OCC(=O)O)ccc3[N+](=O)[O-])ccc12. The first kappa shape index (κ1) is 37.3. The highest BCUT2D eigenvalue weighted by Crippen LogP contribution is 2.58. The topological polar surface area (TPSA) is 233 Å². The molecule has 2 aliphatic heterocycles. The number of nitro benzene ring substituents is 2. The number of hydrogen-bond acceptors (Lipinski definition) is 13. The Labute approximate surface area is 310 Å². The first-order valence-corrected chi connectivity index (χ1v) is 16.4. The van der Waals surface area contributed by atoms with Gasteiger partial charge in [-0.25, -0.2) is 14.4 Å². The number of carboxylic acid groups (broad SMARTS) is 2. The first-order chi connectivity index (χ1) is 26.3. The molecule has 2 heterocycles. The quantitative estimate of drug-likeness (QED) is 0.0614. The maximum atomic E-state index is 13.3. The summed E-state index contributed by atoms with van der Waals surface area (Å²) in [6.45, 7) is 1.53. The van der Waals surface area contributed by atoms with Crippen molar-refractivity contribution in [2.75, 3.05) is 13.2 Å². The smallest absolute Gasteiger partial charge is 0.341 e. The Bertz CT molecular complexity index is 2180. The second-order valence-electron chi connectivity index (χ2n) is 11.9. The van der Waals surface area contributed by atoms with Gasteiger partial charge in [-0.15, -0.1) is 0 Å². The van der Waals surface area contributed by atoms with Crippen LogP contribution in [0.4, 0.5) is 11.4 Å². The molecular formula is C38H30N2O15. The van der Waals surface area contributed by atoms with Crippen LogP contribution in [0.25, 0.3) is 0 Å². The molecule has 0 aromatic heterocycles. The zero-order valence-electron chi connectivity index (χ0n) is 29.0. The van der Waals surface area contributed by atoms with Gasteiger partial charge < -0.3 is 38.6 Å². The molecule has 17 nitrogen and oxygen atoms in total. The Balaban J connectivity index is 1.34. The van der Waals surface area contributed by atoms with E-state index in [1.165, 1.54) is 48.5 Å². The number of rotatable bonds is 14. The third kappa shape index (κ3) is 7.43. The lowest BCUT2D eigenvalue weighted by molar-refractivity contribution is -0.386. The maximum Gasteiger partial charge on any atom is 0.341 e. The fourth-order valence-corrected chi connectivity index (χ4v) is 6.28. The minimum Gasteiger partial charge on any atom is -0.489 e. The van der Waals surface area contributed by atoms with Crippen LogP contribution in [0.1, 0.15) is 36.1 Å². The second-order valence-corrected chi connectivity index (χ2v) is 11.9. The van der Waals surface area contributed by atoms with Crippen molar-refractivity contribution in [3.63, 3.8) is 0 Å². The third-order valence-electron chi connectivity index (χ3n) is 8.61. The number of allylic oxidation sites excluding steroid dienone is 2. The lowest BCUT2D eigenvalue weighted by Crippen LogP contribution is -2.32. The number of carbonyl (C=O) groups is 3. The van der Waals surface area contributed by atoms with Crippen LogP contribution in [0.5, 0.6) is 34.5 Å². The summed E-state index contributed by atoms with van der Waals surface area (Å²) in [5.74, 6) is -2.01. The van der Waals surface area contributed by atoms with Gasteiger partial charge in [-0.3, -0.25) is 20.2 Å². The van der Waals surface area contributed by atoms with Gasteiger partial charge in [-0.2, -0.15) is 0 Å². The molecule has 2 aliphatic rings. The maximum absolute atomic E-state index is 13.3. The van der Waals surface area contributed by atoms with Crippen LogP contribution >= 0.6 is 0 Å². The number of nitro groups is 2. The lowest BCUT2D eigenvalue weighted by Gasteiger charge is -2.36. The van der Waals surface area contributed by atoms with E-state index in [4.69, 9.17) is 38.6 Å². The van der Waals surface area contributed by atoms with Gasteiger partial charge in [0.05, 0.1) is 26.5 Å². The van der Waals surface area contributed by atoms with Crippen LogP contribution in [0, 0.1) is 20.2 Å². The Morgan fingerprint density at radius 3 is 1.53 bits per heavy atom. The van der Waals surface area contributed by atoms with E-state index in [9.17, 15) is 34.6 Å². The van der Waals surface area contributed by atoms with Gasteiger partial charge in [0.2, 0.25) is 0 Å². The Hall–Kier alpha value is -7.43. The molecule has 17 heteroatoms. The average molecular weight is 755 g/mol. The van der Waals surface area contributed by atoms with Gasteiger partial charge in [0.25, 0.3) is 11.4 Å². The summed E-state index contributed by atoms with van der Waals surface area (Å²) < 4.78 is 34.8. The normalized spacial score (nSPS) is 15.1. The van der Waals surface area contributed by atoms with Crippen LogP contribution in [-0.4, -0.2) is 51.2 Å². The van der Waals surface area contributed by atoms with Crippen molar-refractivity contribution in [1.29, 1.82) is 0 Å². The lowest BCUT2D eigenvalue weighted by atomic mass is 9.76. The third-order valence-corrected chi connectivity index (χ3v) is 8.61. The number of carbonyl (C=O) groups excluding carboxylic acids is 1. The number of aliphatic carboxylic acids is 2. The number of esters is 1. The van der Waals surface area contributed by atoms with E-state index >= 15 is 0 Å². The summed E-state index contributed by atoms with van der Waals surface area (Å²) in [6, 6.07) is 17.0. The predicted octanol–water partition coefficient (Wildman–Crippen LogP) is 6.39. The molecule has 1 saturated heterocycles. The van der Waals surface area contributed by atoms with Gasteiger partial charge in [-0.1, -0.05) is 12.2 Å². The van der Waals surface area contributed by atoms with E-state index in [1.54, 1.807) is 50.3 Å². The van der Waals surface area contributed by atoms with Crippen LogP contribution in [0.15, 0.2) is 96.1 Å². The molecule has 0 amide bonds. The molecule has 4 aromatic rings. The predicted molar refractivity (Wildman–Crippen MR) is 188 cm³/mol. The van der Waals surface area contributed by atoms with E-state index < -0.39 is 46.6 Å². The molecule has 0 atom stereocenters. The fraction of sp³-hybridized carbons (Fsp3) is 0.184. The minimum absolute atomic E-state index is 0.0903. The molecule has 6 rings (SSSR count). The average Bonchev–Trinajstić information content (AvgIpc) is 3.44. The van der Waals surface area contributed by atoms with Crippen molar-refractivity contribution in [2.24, 2.45) is 0 Å². The van der Waals surface area contributed by atoms with Crippen molar-refractivity contribution in [3.8, 4) is 34.5 Å². The summed E-state index contributed by atoms with van der Waals surface area (Å²) in [5.41, 5.74) is -0.0653. The molecule has 0 saturated carbocycles. The van der Waals surface area contributed by atoms with E-state index in [-0.39, 0.29) is 70.2 Å². The minimum atomic E-state index is -1.48. The second kappa shape index (κ2) is 15.3. The Kier molecular flexibility index (Phi) is 10.4. The summed E-state index contributed by atoms with van der Waals surface area (Å²) in [4.78, 5) is 57.5. The van der Waals surface area contributed by atoms with Crippen LogP contribution in [-0.2, 0) is 37.9 Å². The van der Waals surface area contributed by atoms with Crippen LogP contribution in [0.2, 0.25) is 0 Å². The number of nitrogens with zero attached hydrogens (tertiary/aromatic N) is 2. The standard InChI is InChI=1S/C38H30N2O15/c1-3-27-28(4-2)38(55-37(27)45)29-9-5-25(50-17-21-13-23(52-19-35(41)42)7-11-31(21)39(46)47)15-33(29)54-34-16-26(6-10-30(34)38)51-18-22-14-24(53-20-36(43)44)8-12-32(22)40(48)49/h3-16H,17-20H2,1-2H3,(H,41,42)(H,43,44)/b27-3+,28-4+. The van der Waals surface area contributed by atoms with E-state index in [0.29, 0.717) is 22.3 Å². The zero-order chi connectivity index (χ0) is 39.4. The summed E-state index contributed by atoms with van der Waals surface area (Å²) in [5, 5.41) is 41.4. The molecule has 55 heavy (non-hydrogen) atoms.